The highest BCUT2D eigenvalue weighted by atomic mass is 16.5. The smallest absolute Gasteiger partial charge is 0.238 e. The molecule has 2 amide bonds. The number of rotatable bonds is 3. The number of nitrogens with zero attached hydrogens (tertiary/aromatic N) is 1. The molecular weight excluding hydrogens is 278 g/mol. The first-order chi connectivity index (χ1) is 10.7. The van der Waals surface area contributed by atoms with E-state index in [-0.39, 0.29) is 35.5 Å². The number of allylic oxidation sites excluding steroid dienone is 2. The molecule has 4 heteroatoms. The Morgan fingerprint density at radius 1 is 1.05 bits per heavy atom. The van der Waals surface area contributed by atoms with E-state index < -0.39 is 0 Å². The van der Waals surface area contributed by atoms with Crippen molar-refractivity contribution in [2.45, 2.75) is 19.8 Å². The molecule has 22 heavy (non-hydrogen) atoms. The fraction of sp³-hybridized carbons (Fsp3) is 0.444. The minimum Gasteiger partial charge on any atom is -0.492 e. The van der Waals surface area contributed by atoms with Crippen molar-refractivity contribution in [2.75, 3.05) is 11.5 Å². The predicted octanol–water partition coefficient (Wildman–Crippen LogP) is 2.79. The van der Waals surface area contributed by atoms with Crippen LogP contribution in [-0.4, -0.2) is 18.4 Å². The average Bonchev–Trinajstić information content (AvgIpc) is 2.83. The highest BCUT2D eigenvalue weighted by molar-refractivity contribution is 6.23. The zero-order valence-electron chi connectivity index (χ0n) is 12.6. The summed E-state index contributed by atoms with van der Waals surface area (Å²) in [5.74, 6) is 0.580. The van der Waals surface area contributed by atoms with Gasteiger partial charge in [0.25, 0.3) is 0 Å². The first kappa shape index (κ1) is 13.6. The molecule has 4 aliphatic rings. The van der Waals surface area contributed by atoms with Gasteiger partial charge in [0, 0.05) is 0 Å². The van der Waals surface area contributed by atoms with Crippen molar-refractivity contribution in [3.05, 3.63) is 36.4 Å². The molecule has 0 unspecified atom stereocenters. The van der Waals surface area contributed by atoms with Crippen molar-refractivity contribution in [2.24, 2.45) is 23.7 Å². The van der Waals surface area contributed by atoms with Crippen LogP contribution in [0.5, 0.6) is 5.75 Å². The molecule has 4 atom stereocenters. The molecule has 4 nitrogen and oxygen atoms in total. The van der Waals surface area contributed by atoms with E-state index in [1.165, 1.54) is 4.90 Å². The summed E-state index contributed by atoms with van der Waals surface area (Å²) in [6.07, 6.45) is 6.31. The minimum atomic E-state index is -0.175. The zero-order chi connectivity index (χ0) is 15.3. The van der Waals surface area contributed by atoms with Crippen molar-refractivity contribution >= 4 is 17.5 Å². The summed E-state index contributed by atoms with van der Waals surface area (Å²) in [4.78, 5) is 27.2. The van der Waals surface area contributed by atoms with Crippen LogP contribution in [0, 0.1) is 23.7 Å². The van der Waals surface area contributed by atoms with Crippen LogP contribution < -0.4 is 9.64 Å². The third kappa shape index (κ3) is 1.76. The Hall–Kier alpha value is -2.10. The van der Waals surface area contributed by atoms with E-state index in [2.05, 4.69) is 12.2 Å². The molecule has 0 spiro atoms. The molecule has 0 aromatic heterocycles. The van der Waals surface area contributed by atoms with Crippen molar-refractivity contribution in [1.29, 1.82) is 0 Å². The summed E-state index contributed by atoms with van der Waals surface area (Å²) in [7, 11) is 0. The van der Waals surface area contributed by atoms with Gasteiger partial charge in [0.2, 0.25) is 11.8 Å². The number of hydrogen-bond acceptors (Lipinski definition) is 3. The minimum absolute atomic E-state index is 0.0544. The monoisotopic (exact) mass is 297 g/mol. The van der Waals surface area contributed by atoms with Gasteiger partial charge in [-0.15, -0.1) is 0 Å². The van der Waals surface area contributed by atoms with E-state index >= 15 is 0 Å². The standard InChI is InChI=1S/C18H19NO3/c1-2-22-14-6-4-3-5-13(14)19-17(20)15-11-7-8-12(10-9-11)16(15)18(19)21/h3-8,11-12,15-16H,2,9-10H2,1H3/t11-,12-,15-,16+/m0/s1. The van der Waals surface area contributed by atoms with Crippen molar-refractivity contribution in [3.63, 3.8) is 0 Å². The molecule has 2 fully saturated rings. The normalized spacial score (nSPS) is 32.5. The molecule has 114 valence electrons. The molecule has 3 aliphatic carbocycles. The number of para-hydroxylation sites is 2. The lowest BCUT2D eigenvalue weighted by Crippen LogP contribution is -2.38. The number of hydrogen-bond donors (Lipinski definition) is 0. The van der Waals surface area contributed by atoms with Crippen LogP contribution in [0.25, 0.3) is 0 Å². The Bertz CT molecular complexity index is 634. The first-order valence-electron chi connectivity index (χ1n) is 8.00. The largest absolute Gasteiger partial charge is 0.492 e. The highest BCUT2D eigenvalue weighted by Gasteiger charge is 2.57. The Morgan fingerprint density at radius 2 is 1.64 bits per heavy atom. The van der Waals surface area contributed by atoms with Gasteiger partial charge in [-0.3, -0.25) is 9.59 Å². The Morgan fingerprint density at radius 3 is 2.18 bits per heavy atom. The lowest BCUT2D eigenvalue weighted by atomic mass is 9.63. The van der Waals surface area contributed by atoms with Crippen LogP contribution in [-0.2, 0) is 9.59 Å². The van der Waals surface area contributed by atoms with Crippen LogP contribution >= 0.6 is 0 Å². The van der Waals surface area contributed by atoms with Crippen LogP contribution in [0.15, 0.2) is 36.4 Å². The van der Waals surface area contributed by atoms with Crippen molar-refractivity contribution in [1.82, 2.24) is 0 Å². The Kier molecular flexibility index (Phi) is 3.06. The van der Waals surface area contributed by atoms with Gasteiger partial charge in [0.1, 0.15) is 5.75 Å². The highest BCUT2D eigenvalue weighted by Crippen LogP contribution is 2.51. The molecule has 1 aromatic rings. The topological polar surface area (TPSA) is 46.6 Å². The number of anilines is 1. The van der Waals surface area contributed by atoms with E-state index in [0.717, 1.165) is 12.8 Å². The number of carbonyl (C=O) groups excluding carboxylic acids is 2. The number of carbonyl (C=O) groups is 2. The van der Waals surface area contributed by atoms with Gasteiger partial charge >= 0.3 is 0 Å². The Labute approximate surface area is 129 Å². The van der Waals surface area contributed by atoms with Crippen LogP contribution in [0.1, 0.15) is 19.8 Å². The van der Waals surface area contributed by atoms with Gasteiger partial charge < -0.3 is 4.74 Å². The lowest BCUT2D eigenvalue weighted by Gasteiger charge is -2.38. The van der Waals surface area contributed by atoms with Gasteiger partial charge in [-0.25, -0.2) is 4.90 Å². The molecule has 0 N–H and O–H groups in total. The first-order valence-corrected chi connectivity index (χ1v) is 8.00. The second-order valence-electron chi connectivity index (χ2n) is 6.25. The summed E-state index contributed by atoms with van der Waals surface area (Å²) < 4.78 is 5.61. The second kappa shape index (κ2) is 4.97. The number of benzene rings is 1. The SMILES string of the molecule is CCOc1ccccc1N1C(=O)[C@@H]2[C@H](C1=O)[C@H]1C=C[C@H]2CC1. The number of ether oxygens (including phenoxy) is 1. The average molecular weight is 297 g/mol. The summed E-state index contributed by atoms with van der Waals surface area (Å²) >= 11 is 0. The maximum atomic E-state index is 12.9. The van der Waals surface area contributed by atoms with Gasteiger partial charge in [-0.1, -0.05) is 24.3 Å². The third-order valence-corrected chi connectivity index (χ3v) is 5.17. The summed E-state index contributed by atoms with van der Waals surface area (Å²) in [6, 6.07) is 7.31. The quantitative estimate of drug-likeness (QED) is 0.636. The maximum absolute atomic E-state index is 12.9. The van der Waals surface area contributed by atoms with E-state index in [1.807, 2.05) is 25.1 Å². The summed E-state index contributed by atoms with van der Waals surface area (Å²) in [5.41, 5.74) is 0.591. The number of fused-ring (bicyclic) bond motifs is 1. The van der Waals surface area contributed by atoms with E-state index in [4.69, 9.17) is 4.74 Å². The predicted molar refractivity (Wildman–Crippen MR) is 82.4 cm³/mol. The zero-order valence-corrected chi connectivity index (χ0v) is 12.6. The second-order valence-corrected chi connectivity index (χ2v) is 6.25. The van der Waals surface area contributed by atoms with Crippen LogP contribution in [0.4, 0.5) is 5.69 Å². The molecule has 0 radical (unpaired) electrons. The van der Waals surface area contributed by atoms with Gasteiger partial charge in [0.15, 0.2) is 0 Å². The van der Waals surface area contributed by atoms with Crippen molar-refractivity contribution in [3.8, 4) is 5.75 Å². The molecule has 1 heterocycles. The fourth-order valence-corrected chi connectivity index (χ4v) is 4.23. The van der Waals surface area contributed by atoms with Gasteiger partial charge in [-0.2, -0.15) is 0 Å². The summed E-state index contributed by atoms with van der Waals surface area (Å²) in [5, 5.41) is 0. The van der Waals surface area contributed by atoms with E-state index in [9.17, 15) is 9.59 Å². The van der Waals surface area contributed by atoms with Gasteiger partial charge in [0.05, 0.1) is 24.1 Å². The maximum Gasteiger partial charge on any atom is 0.238 e. The van der Waals surface area contributed by atoms with E-state index in [1.54, 1.807) is 6.07 Å². The molecule has 5 rings (SSSR count). The van der Waals surface area contributed by atoms with Crippen LogP contribution in [0.2, 0.25) is 0 Å². The lowest BCUT2D eigenvalue weighted by molar-refractivity contribution is -0.124. The number of amides is 2. The van der Waals surface area contributed by atoms with Crippen LogP contribution in [0.3, 0.4) is 0 Å². The van der Waals surface area contributed by atoms with Crippen molar-refractivity contribution < 1.29 is 14.3 Å². The molecule has 1 aromatic carbocycles. The van der Waals surface area contributed by atoms with E-state index in [0.29, 0.717) is 18.0 Å². The molecular formula is C18H19NO3. The third-order valence-electron chi connectivity index (χ3n) is 5.17. The van der Waals surface area contributed by atoms with Gasteiger partial charge in [-0.05, 0) is 43.7 Å². The fourth-order valence-electron chi connectivity index (χ4n) is 4.23. The Balaban J connectivity index is 1.76. The number of imide groups is 1. The molecule has 1 saturated heterocycles. The molecule has 1 aliphatic heterocycles. The molecule has 1 saturated carbocycles. The molecule has 2 bridgehead atoms. The summed E-state index contributed by atoms with van der Waals surface area (Å²) in [6.45, 7) is 2.40.